The fourth-order valence-corrected chi connectivity index (χ4v) is 5.92. The van der Waals surface area contributed by atoms with Crippen LogP contribution in [0.4, 0.5) is 5.69 Å². The zero-order valence-corrected chi connectivity index (χ0v) is 21.2. The molecule has 1 fully saturated rings. The molecule has 0 aromatic heterocycles. The molecule has 0 saturated carbocycles. The number of primary amides is 1. The molecule has 190 valence electrons. The van der Waals surface area contributed by atoms with Crippen LogP contribution >= 0.6 is 0 Å². The third-order valence-electron chi connectivity index (χ3n) is 6.28. The first-order valence-electron chi connectivity index (χ1n) is 11.5. The van der Waals surface area contributed by atoms with Crippen LogP contribution in [0.1, 0.15) is 29.6 Å². The van der Waals surface area contributed by atoms with Crippen molar-refractivity contribution in [3.8, 4) is 5.75 Å². The summed E-state index contributed by atoms with van der Waals surface area (Å²) >= 11 is 0. The summed E-state index contributed by atoms with van der Waals surface area (Å²) in [6.07, 6.45) is 0.673. The minimum Gasteiger partial charge on any atom is -0.494 e. The van der Waals surface area contributed by atoms with Crippen LogP contribution < -0.4 is 15.4 Å². The third-order valence-corrected chi connectivity index (χ3v) is 8.81. The van der Waals surface area contributed by atoms with Gasteiger partial charge in [-0.3, -0.25) is 9.59 Å². The highest BCUT2D eigenvalue weighted by Crippen LogP contribution is 2.35. The van der Waals surface area contributed by atoms with Gasteiger partial charge in [-0.1, -0.05) is 0 Å². The largest absolute Gasteiger partial charge is 0.494 e. The standard InChI is InChI=1S/C25H33N3O6S/c1-27(2)20-7-5-19(6-8-20)23(29)28(3)15-4-16-34-21-9-11-22(12-10-21)35(31,32)25(24(26)30)13-17-33-18-14-25/h5-12H,4,13-18H2,1-3H3,(H2,26,30). The minimum atomic E-state index is -3.98. The van der Waals surface area contributed by atoms with Gasteiger partial charge in [0.2, 0.25) is 5.91 Å². The van der Waals surface area contributed by atoms with Gasteiger partial charge in [0, 0.05) is 52.2 Å². The van der Waals surface area contributed by atoms with E-state index in [0.717, 1.165) is 5.69 Å². The number of sulfone groups is 1. The molecule has 0 unspecified atom stereocenters. The Labute approximate surface area is 206 Å². The van der Waals surface area contributed by atoms with Crippen molar-refractivity contribution >= 4 is 27.3 Å². The predicted molar refractivity (Wildman–Crippen MR) is 133 cm³/mol. The van der Waals surface area contributed by atoms with E-state index in [4.69, 9.17) is 15.2 Å². The van der Waals surface area contributed by atoms with Gasteiger partial charge in [0.15, 0.2) is 14.6 Å². The summed E-state index contributed by atoms with van der Waals surface area (Å²) in [7, 11) is 1.65. The van der Waals surface area contributed by atoms with E-state index >= 15 is 0 Å². The molecule has 0 atom stereocenters. The Morgan fingerprint density at radius 3 is 2.14 bits per heavy atom. The first kappa shape index (κ1) is 26.5. The summed E-state index contributed by atoms with van der Waals surface area (Å²) < 4.78 is 35.7. The number of hydrogen-bond acceptors (Lipinski definition) is 7. The second kappa shape index (κ2) is 11.1. The maximum absolute atomic E-state index is 13.2. The molecule has 2 N–H and O–H groups in total. The number of carbonyl (C=O) groups excluding carboxylic acids is 2. The van der Waals surface area contributed by atoms with Crippen molar-refractivity contribution in [2.24, 2.45) is 5.73 Å². The van der Waals surface area contributed by atoms with E-state index in [1.54, 1.807) is 24.1 Å². The van der Waals surface area contributed by atoms with Gasteiger partial charge >= 0.3 is 0 Å². The van der Waals surface area contributed by atoms with Gasteiger partial charge in [0.05, 0.1) is 11.5 Å². The Kier molecular flexibility index (Phi) is 8.39. The molecule has 2 aromatic rings. The molecule has 35 heavy (non-hydrogen) atoms. The van der Waals surface area contributed by atoms with E-state index in [0.29, 0.717) is 30.9 Å². The van der Waals surface area contributed by atoms with Crippen molar-refractivity contribution in [2.45, 2.75) is 28.9 Å². The zero-order chi connectivity index (χ0) is 25.6. The molecule has 0 aliphatic carbocycles. The summed E-state index contributed by atoms with van der Waals surface area (Å²) in [6, 6.07) is 13.4. The lowest BCUT2D eigenvalue weighted by molar-refractivity contribution is -0.122. The molecule has 2 amide bonds. The summed E-state index contributed by atoms with van der Waals surface area (Å²) in [5, 5.41) is 0. The number of hydrogen-bond donors (Lipinski definition) is 1. The van der Waals surface area contributed by atoms with Gasteiger partial charge in [-0.15, -0.1) is 0 Å². The van der Waals surface area contributed by atoms with Crippen molar-refractivity contribution in [2.75, 3.05) is 52.4 Å². The molecular weight excluding hydrogens is 470 g/mol. The first-order valence-corrected chi connectivity index (χ1v) is 12.9. The molecule has 1 aliphatic heterocycles. The van der Waals surface area contributed by atoms with E-state index in [1.165, 1.54) is 12.1 Å². The maximum Gasteiger partial charge on any atom is 0.253 e. The number of carbonyl (C=O) groups is 2. The molecule has 10 heteroatoms. The van der Waals surface area contributed by atoms with Crippen LogP contribution in [0.2, 0.25) is 0 Å². The van der Waals surface area contributed by atoms with Gasteiger partial charge < -0.3 is 25.0 Å². The number of rotatable bonds is 10. The molecule has 3 rings (SSSR count). The van der Waals surface area contributed by atoms with E-state index in [2.05, 4.69) is 0 Å². The lowest BCUT2D eigenvalue weighted by Gasteiger charge is -2.33. The molecule has 0 radical (unpaired) electrons. The Morgan fingerprint density at radius 2 is 1.60 bits per heavy atom. The van der Waals surface area contributed by atoms with Crippen LogP contribution in [0.3, 0.4) is 0 Å². The lowest BCUT2D eigenvalue weighted by Crippen LogP contribution is -2.53. The SMILES string of the molecule is CN(CCCOc1ccc(S(=O)(=O)C2(C(N)=O)CCOCC2)cc1)C(=O)c1ccc(N(C)C)cc1. The number of amides is 2. The van der Waals surface area contributed by atoms with Gasteiger partial charge in [-0.2, -0.15) is 0 Å². The van der Waals surface area contributed by atoms with Crippen LogP contribution in [-0.4, -0.2) is 77.4 Å². The van der Waals surface area contributed by atoms with Crippen molar-refractivity contribution in [1.82, 2.24) is 4.90 Å². The molecule has 0 spiro atoms. The van der Waals surface area contributed by atoms with Gasteiger partial charge in [-0.05, 0) is 67.8 Å². The number of benzene rings is 2. The van der Waals surface area contributed by atoms with Crippen LogP contribution in [0, 0.1) is 0 Å². The van der Waals surface area contributed by atoms with Crippen molar-refractivity contribution < 1.29 is 27.5 Å². The average Bonchev–Trinajstić information content (AvgIpc) is 2.86. The lowest BCUT2D eigenvalue weighted by atomic mass is 9.98. The van der Waals surface area contributed by atoms with E-state index in [-0.39, 0.29) is 36.9 Å². The highest BCUT2D eigenvalue weighted by atomic mass is 32.2. The molecule has 9 nitrogen and oxygen atoms in total. The Morgan fingerprint density at radius 1 is 1.00 bits per heavy atom. The zero-order valence-electron chi connectivity index (χ0n) is 20.4. The van der Waals surface area contributed by atoms with Gasteiger partial charge in [0.1, 0.15) is 5.75 Å². The molecule has 2 aromatic carbocycles. The van der Waals surface area contributed by atoms with Crippen molar-refractivity contribution in [3.63, 3.8) is 0 Å². The highest BCUT2D eigenvalue weighted by molar-refractivity contribution is 7.93. The Hall–Kier alpha value is -3.11. The second-order valence-electron chi connectivity index (χ2n) is 8.82. The number of nitrogens with zero attached hydrogens (tertiary/aromatic N) is 2. The molecule has 1 aliphatic rings. The van der Waals surface area contributed by atoms with E-state index in [1.807, 2.05) is 43.3 Å². The second-order valence-corrected chi connectivity index (χ2v) is 11.1. The predicted octanol–water partition coefficient (Wildman–Crippen LogP) is 2.10. The van der Waals surface area contributed by atoms with E-state index in [9.17, 15) is 18.0 Å². The molecule has 0 bridgehead atoms. The van der Waals surface area contributed by atoms with E-state index < -0.39 is 20.5 Å². The molecular formula is C25H33N3O6S. The number of nitrogens with two attached hydrogens (primary N) is 1. The number of ether oxygens (including phenoxy) is 2. The number of anilines is 1. The van der Waals surface area contributed by atoms with Crippen molar-refractivity contribution in [3.05, 3.63) is 54.1 Å². The fraction of sp³-hybridized carbons (Fsp3) is 0.440. The first-order chi connectivity index (χ1) is 16.6. The average molecular weight is 504 g/mol. The molecule has 1 heterocycles. The van der Waals surface area contributed by atoms with Crippen LogP contribution in [-0.2, 0) is 19.4 Å². The topological polar surface area (TPSA) is 119 Å². The van der Waals surface area contributed by atoms with Crippen LogP contribution in [0.5, 0.6) is 5.75 Å². The van der Waals surface area contributed by atoms with Crippen molar-refractivity contribution in [1.29, 1.82) is 0 Å². The summed E-state index contributed by atoms with van der Waals surface area (Å²) in [4.78, 5) is 28.3. The van der Waals surface area contributed by atoms with Crippen LogP contribution in [0.25, 0.3) is 0 Å². The maximum atomic E-state index is 13.2. The van der Waals surface area contributed by atoms with Crippen LogP contribution in [0.15, 0.2) is 53.4 Å². The minimum absolute atomic E-state index is 0.0242. The normalized spacial score (nSPS) is 15.3. The summed E-state index contributed by atoms with van der Waals surface area (Å²) in [5.74, 6) is -0.424. The Balaban J connectivity index is 1.53. The smallest absolute Gasteiger partial charge is 0.253 e. The quantitative estimate of drug-likeness (QED) is 0.493. The third kappa shape index (κ3) is 5.76. The fourth-order valence-electron chi connectivity index (χ4n) is 4.01. The summed E-state index contributed by atoms with van der Waals surface area (Å²) in [5.41, 5.74) is 7.15. The summed E-state index contributed by atoms with van der Waals surface area (Å²) in [6.45, 7) is 1.19. The monoisotopic (exact) mass is 503 g/mol. The Bertz CT molecular complexity index is 1120. The van der Waals surface area contributed by atoms with Gasteiger partial charge in [0.25, 0.3) is 5.91 Å². The van der Waals surface area contributed by atoms with Gasteiger partial charge in [-0.25, -0.2) is 8.42 Å². The highest BCUT2D eigenvalue weighted by Gasteiger charge is 2.51. The molecule has 1 saturated heterocycles.